The lowest BCUT2D eigenvalue weighted by molar-refractivity contribution is 0.0759. The van der Waals surface area contributed by atoms with Crippen LogP contribution in [-0.2, 0) is 0 Å². The van der Waals surface area contributed by atoms with E-state index < -0.39 is 0 Å². The Morgan fingerprint density at radius 3 is 2.76 bits per heavy atom. The summed E-state index contributed by atoms with van der Waals surface area (Å²) in [6.45, 7) is 6.06. The van der Waals surface area contributed by atoms with Crippen molar-refractivity contribution in [1.82, 2.24) is 35.2 Å². The van der Waals surface area contributed by atoms with E-state index in [4.69, 9.17) is 10.00 Å². The highest BCUT2D eigenvalue weighted by Crippen LogP contribution is 2.38. The van der Waals surface area contributed by atoms with Crippen molar-refractivity contribution in [3.63, 3.8) is 0 Å². The lowest BCUT2D eigenvalue weighted by Crippen LogP contribution is -2.54. The second kappa shape index (κ2) is 9.25. The normalized spacial score (nSPS) is 27.4. The van der Waals surface area contributed by atoms with Gasteiger partial charge >= 0.3 is 6.01 Å². The lowest BCUT2D eigenvalue weighted by Gasteiger charge is -2.44. The minimum atomic E-state index is -0.309. The van der Waals surface area contributed by atoms with E-state index in [1.165, 1.54) is 5.56 Å². The number of anilines is 1. The third-order valence-corrected chi connectivity index (χ3v) is 7.89. The van der Waals surface area contributed by atoms with Crippen molar-refractivity contribution in [1.29, 1.82) is 5.26 Å². The Morgan fingerprint density at radius 2 is 2.03 bits per heavy atom. The molecule has 2 saturated carbocycles. The Balaban J connectivity index is 1.19. The van der Waals surface area contributed by atoms with Crippen LogP contribution < -0.4 is 15.0 Å². The molecular weight excluding hydrogens is 470 g/mol. The largest absolute Gasteiger partial charge is 0.463 e. The van der Waals surface area contributed by atoms with Crippen molar-refractivity contribution in [2.24, 2.45) is 17.8 Å². The van der Waals surface area contributed by atoms with Crippen molar-refractivity contribution in [3.05, 3.63) is 30.0 Å². The quantitative estimate of drug-likeness (QED) is 0.499. The fraction of sp³-hybridized carbons (Fsp3) is 0.577. The molecule has 3 aromatic rings. The minimum absolute atomic E-state index is 0.0258. The number of amides is 1. The van der Waals surface area contributed by atoms with Crippen LogP contribution in [0, 0.1) is 29.1 Å². The highest BCUT2D eigenvalue weighted by atomic mass is 16.5. The van der Waals surface area contributed by atoms with E-state index in [9.17, 15) is 4.79 Å². The predicted molar refractivity (Wildman–Crippen MR) is 135 cm³/mol. The van der Waals surface area contributed by atoms with Gasteiger partial charge in [-0.1, -0.05) is 6.92 Å². The molecule has 0 bridgehead atoms. The number of nitriles is 1. The maximum Gasteiger partial charge on any atom is 0.321 e. The van der Waals surface area contributed by atoms with Gasteiger partial charge in [-0.05, 0) is 50.9 Å². The SMILES string of the molecule is CC1CC(C)(NC(=O)c2nc(OC[C@H]3CC3C#N)nc(N3CCC(c4c[nH]c5nccnc45)CC3)n2)C1. The smallest absolute Gasteiger partial charge is 0.321 e. The number of piperidine rings is 1. The number of aromatic nitrogens is 6. The molecule has 3 aromatic heterocycles. The molecule has 11 heteroatoms. The molecular formula is C26H31N9O2. The van der Waals surface area contributed by atoms with Gasteiger partial charge in [0.05, 0.1) is 18.6 Å². The number of rotatable bonds is 7. The molecule has 4 heterocycles. The van der Waals surface area contributed by atoms with E-state index in [1.807, 2.05) is 6.20 Å². The summed E-state index contributed by atoms with van der Waals surface area (Å²) in [5, 5.41) is 12.2. The number of H-pyrrole nitrogens is 1. The number of nitrogens with zero attached hydrogens (tertiary/aromatic N) is 7. The van der Waals surface area contributed by atoms with Gasteiger partial charge < -0.3 is 19.9 Å². The number of hydrogen-bond acceptors (Lipinski definition) is 9. The number of carbonyl (C=O) groups excluding carboxylic acids is 1. The first kappa shape index (κ1) is 23.6. The van der Waals surface area contributed by atoms with Crippen molar-refractivity contribution in [2.75, 3.05) is 24.6 Å². The van der Waals surface area contributed by atoms with E-state index in [0.717, 1.165) is 56.4 Å². The zero-order chi connectivity index (χ0) is 25.6. The molecule has 37 heavy (non-hydrogen) atoms. The van der Waals surface area contributed by atoms with Gasteiger partial charge in [-0.2, -0.15) is 20.2 Å². The molecule has 3 fully saturated rings. The Labute approximate surface area is 215 Å². The van der Waals surface area contributed by atoms with Gasteiger partial charge in [-0.3, -0.25) is 9.78 Å². The second-order valence-electron chi connectivity index (χ2n) is 11.1. The van der Waals surface area contributed by atoms with Gasteiger partial charge in [-0.25, -0.2) is 4.98 Å². The van der Waals surface area contributed by atoms with E-state index in [0.29, 0.717) is 24.4 Å². The maximum absolute atomic E-state index is 13.1. The summed E-state index contributed by atoms with van der Waals surface area (Å²) in [6.07, 6.45) is 9.91. The van der Waals surface area contributed by atoms with Crippen LogP contribution in [0.4, 0.5) is 5.95 Å². The van der Waals surface area contributed by atoms with Crippen LogP contribution in [0.25, 0.3) is 11.2 Å². The van der Waals surface area contributed by atoms with Gasteiger partial charge in [0.2, 0.25) is 11.8 Å². The average Bonchev–Trinajstić information content (AvgIpc) is 3.53. The monoisotopic (exact) mass is 501 g/mol. The summed E-state index contributed by atoms with van der Waals surface area (Å²) in [7, 11) is 0. The molecule has 0 aromatic carbocycles. The van der Waals surface area contributed by atoms with Gasteiger partial charge in [0.25, 0.3) is 5.91 Å². The van der Waals surface area contributed by atoms with Crippen LogP contribution in [0.1, 0.15) is 68.1 Å². The fourth-order valence-electron chi connectivity index (χ4n) is 5.91. The number of aromatic amines is 1. The fourth-order valence-corrected chi connectivity index (χ4v) is 5.91. The highest BCUT2D eigenvalue weighted by molar-refractivity contribution is 5.91. The molecule has 1 aliphatic heterocycles. The van der Waals surface area contributed by atoms with E-state index in [1.54, 1.807) is 12.4 Å². The Morgan fingerprint density at radius 1 is 1.24 bits per heavy atom. The summed E-state index contributed by atoms with van der Waals surface area (Å²) in [4.78, 5) is 40.8. The first-order valence-electron chi connectivity index (χ1n) is 13.0. The molecule has 11 nitrogen and oxygen atoms in total. The van der Waals surface area contributed by atoms with Crippen LogP contribution >= 0.6 is 0 Å². The maximum atomic E-state index is 13.1. The predicted octanol–water partition coefficient (Wildman–Crippen LogP) is 2.98. The Bertz CT molecular complexity index is 1350. The van der Waals surface area contributed by atoms with Crippen molar-refractivity contribution in [3.8, 4) is 12.1 Å². The number of fused-ring (bicyclic) bond motifs is 1. The zero-order valence-electron chi connectivity index (χ0n) is 21.1. The molecule has 2 N–H and O–H groups in total. The third kappa shape index (κ3) is 4.80. The standard InChI is InChI=1S/C26H31N9O2/c1-15-10-26(2,11-15)34-23(36)22-31-24(33-25(32-22)37-14-18-9-17(18)12-27)35-7-3-16(4-8-35)19-13-30-21-20(19)28-5-6-29-21/h5-6,13,15-18H,3-4,7-11,14H2,1-2H3,(H,29,30)(H,34,36)/t15?,17?,18-,26?/m1/s1. The van der Waals surface area contributed by atoms with Gasteiger partial charge in [-0.15, -0.1) is 0 Å². The first-order chi connectivity index (χ1) is 17.9. The molecule has 2 atom stereocenters. The van der Waals surface area contributed by atoms with Gasteiger partial charge in [0.1, 0.15) is 5.52 Å². The van der Waals surface area contributed by atoms with E-state index >= 15 is 0 Å². The number of carbonyl (C=O) groups is 1. The van der Waals surface area contributed by atoms with Gasteiger partial charge in [0, 0.05) is 48.7 Å². The van der Waals surface area contributed by atoms with Crippen LogP contribution in [0.2, 0.25) is 0 Å². The minimum Gasteiger partial charge on any atom is -0.463 e. The van der Waals surface area contributed by atoms with Crippen molar-refractivity contribution >= 4 is 23.0 Å². The molecule has 1 saturated heterocycles. The number of ether oxygens (including phenoxy) is 1. The first-order valence-corrected chi connectivity index (χ1v) is 13.0. The molecule has 6 rings (SSSR count). The van der Waals surface area contributed by atoms with Crippen molar-refractivity contribution in [2.45, 2.75) is 57.4 Å². The van der Waals surface area contributed by atoms with Crippen LogP contribution in [0.3, 0.4) is 0 Å². The van der Waals surface area contributed by atoms with Crippen molar-refractivity contribution < 1.29 is 9.53 Å². The molecule has 0 radical (unpaired) electrons. The van der Waals surface area contributed by atoms with Gasteiger partial charge in [0.15, 0.2) is 5.65 Å². The Kier molecular flexibility index (Phi) is 5.89. The van der Waals surface area contributed by atoms with E-state index in [2.05, 4.69) is 60.0 Å². The average molecular weight is 502 g/mol. The Hall–Kier alpha value is -3.81. The summed E-state index contributed by atoms with van der Waals surface area (Å²) in [6, 6.07) is 2.41. The number of nitrogens with one attached hydrogen (secondary N) is 2. The topological polar surface area (TPSA) is 146 Å². The molecule has 1 amide bonds. The molecule has 192 valence electrons. The lowest BCUT2D eigenvalue weighted by atomic mass is 9.70. The molecule has 1 unspecified atom stereocenters. The summed E-state index contributed by atoms with van der Waals surface area (Å²) in [5.41, 5.74) is 2.67. The number of hydrogen-bond donors (Lipinski definition) is 2. The molecule has 3 aliphatic rings. The third-order valence-electron chi connectivity index (χ3n) is 7.89. The van der Waals surface area contributed by atoms with E-state index in [-0.39, 0.29) is 35.1 Å². The zero-order valence-corrected chi connectivity index (χ0v) is 21.1. The molecule has 0 spiro atoms. The summed E-state index contributed by atoms with van der Waals surface area (Å²) >= 11 is 0. The molecule has 2 aliphatic carbocycles. The summed E-state index contributed by atoms with van der Waals surface area (Å²) < 4.78 is 5.86. The van der Waals surface area contributed by atoms with Crippen LogP contribution in [0.5, 0.6) is 6.01 Å². The van der Waals surface area contributed by atoms with Crippen LogP contribution in [-0.4, -0.2) is 61.0 Å². The summed E-state index contributed by atoms with van der Waals surface area (Å²) in [5.74, 6) is 1.37. The second-order valence-corrected chi connectivity index (χ2v) is 11.1. The van der Waals surface area contributed by atoms with Crippen LogP contribution in [0.15, 0.2) is 18.6 Å². The highest BCUT2D eigenvalue weighted by Gasteiger charge is 2.40.